The van der Waals surface area contributed by atoms with Gasteiger partial charge in [0.15, 0.2) is 0 Å². The standard InChI is InChI=1S/C12H22N4/c1-10(16(3)11-4-5-11)8-13-9-12-14-6-7-15(12)2/h6-7,10-11,13H,4-5,8-9H2,1-3H3. The highest BCUT2D eigenvalue weighted by Gasteiger charge is 2.28. The third-order valence-electron chi connectivity index (χ3n) is 3.46. The lowest BCUT2D eigenvalue weighted by Gasteiger charge is -2.24. The number of likely N-dealkylation sites (N-methyl/N-ethyl adjacent to an activating group) is 1. The minimum absolute atomic E-state index is 0.604. The second-order valence-corrected chi connectivity index (χ2v) is 4.83. The van der Waals surface area contributed by atoms with Gasteiger partial charge in [-0.1, -0.05) is 0 Å². The smallest absolute Gasteiger partial charge is 0.122 e. The van der Waals surface area contributed by atoms with Gasteiger partial charge < -0.3 is 9.88 Å². The Morgan fingerprint density at radius 1 is 1.62 bits per heavy atom. The van der Waals surface area contributed by atoms with E-state index in [1.807, 2.05) is 19.4 Å². The van der Waals surface area contributed by atoms with Crippen molar-refractivity contribution < 1.29 is 0 Å². The number of nitrogens with one attached hydrogen (secondary N) is 1. The van der Waals surface area contributed by atoms with E-state index in [-0.39, 0.29) is 0 Å². The first-order chi connectivity index (χ1) is 7.68. The van der Waals surface area contributed by atoms with Crippen LogP contribution in [0.25, 0.3) is 0 Å². The van der Waals surface area contributed by atoms with Crippen molar-refractivity contribution in [2.24, 2.45) is 7.05 Å². The molecule has 1 aliphatic rings. The van der Waals surface area contributed by atoms with Crippen LogP contribution in [0.15, 0.2) is 12.4 Å². The zero-order valence-corrected chi connectivity index (χ0v) is 10.5. The minimum Gasteiger partial charge on any atom is -0.337 e. The highest BCUT2D eigenvalue weighted by molar-refractivity contribution is 4.91. The molecule has 0 radical (unpaired) electrons. The zero-order valence-electron chi connectivity index (χ0n) is 10.5. The quantitative estimate of drug-likeness (QED) is 0.779. The molecule has 0 spiro atoms. The largest absolute Gasteiger partial charge is 0.337 e. The van der Waals surface area contributed by atoms with Crippen molar-refractivity contribution in [1.82, 2.24) is 19.8 Å². The number of hydrogen-bond acceptors (Lipinski definition) is 3. The highest BCUT2D eigenvalue weighted by Crippen LogP contribution is 2.26. The molecule has 1 aromatic rings. The Morgan fingerprint density at radius 3 is 2.94 bits per heavy atom. The Kier molecular flexibility index (Phi) is 3.61. The van der Waals surface area contributed by atoms with Gasteiger partial charge in [0.1, 0.15) is 5.82 Å². The van der Waals surface area contributed by atoms with Crippen LogP contribution in [-0.4, -0.2) is 40.1 Å². The van der Waals surface area contributed by atoms with E-state index in [9.17, 15) is 0 Å². The number of aromatic nitrogens is 2. The molecule has 0 saturated heterocycles. The first kappa shape index (κ1) is 11.6. The van der Waals surface area contributed by atoms with Crippen LogP contribution in [0.5, 0.6) is 0 Å². The molecular weight excluding hydrogens is 200 g/mol. The van der Waals surface area contributed by atoms with E-state index >= 15 is 0 Å². The normalized spacial score (nSPS) is 18.0. The number of imidazole rings is 1. The first-order valence-corrected chi connectivity index (χ1v) is 6.07. The van der Waals surface area contributed by atoms with E-state index in [2.05, 4.69) is 33.7 Å². The van der Waals surface area contributed by atoms with Gasteiger partial charge >= 0.3 is 0 Å². The van der Waals surface area contributed by atoms with Gasteiger partial charge in [0.2, 0.25) is 0 Å². The van der Waals surface area contributed by atoms with E-state index in [1.54, 1.807) is 0 Å². The molecule has 1 N–H and O–H groups in total. The minimum atomic E-state index is 0.604. The highest BCUT2D eigenvalue weighted by atomic mass is 15.2. The maximum absolute atomic E-state index is 4.29. The van der Waals surface area contributed by atoms with Crippen LogP contribution in [-0.2, 0) is 13.6 Å². The molecular formula is C12H22N4. The predicted molar refractivity (Wildman–Crippen MR) is 65.2 cm³/mol. The Bertz CT molecular complexity index is 330. The molecule has 1 atom stereocenters. The van der Waals surface area contributed by atoms with Gasteiger partial charge in [-0.3, -0.25) is 4.90 Å². The lowest BCUT2D eigenvalue weighted by molar-refractivity contribution is 0.240. The molecule has 16 heavy (non-hydrogen) atoms. The monoisotopic (exact) mass is 222 g/mol. The third-order valence-corrected chi connectivity index (χ3v) is 3.46. The molecule has 0 bridgehead atoms. The van der Waals surface area contributed by atoms with E-state index in [1.165, 1.54) is 12.8 Å². The van der Waals surface area contributed by atoms with E-state index in [0.29, 0.717) is 6.04 Å². The molecule has 0 aromatic carbocycles. The van der Waals surface area contributed by atoms with Crippen LogP contribution in [0, 0.1) is 0 Å². The topological polar surface area (TPSA) is 33.1 Å². The van der Waals surface area contributed by atoms with Crippen LogP contribution in [0.4, 0.5) is 0 Å². The van der Waals surface area contributed by atoms with Crippen molar-refractivity contribution in [3.05, 3.63) is 18.2 Å². The average molecular weight is 222 g/mol. The summed E-state index contributed by atoms with van der Waals surface area (Å²) in [7, 11) is 4.26. The van der Waals surface area contributed by atoms with Crippen molar-refractivity contribution in [1.29, 1.82) is 0 Å². The van der Waals surface area contributed by atoms with Crippen LogP contribution in [0.3, 0.4) is 0 Å². The molecule has 1 fully saturated rings. The van der Waals surface area contributed by atoms with Crippen LogP contribution >= 0.6 is 0 Å². The number of nitrogens with zero attached hydrogens (tertiary/aromatic N) is 3. The number of hydrogen-bond donors (Lipinski definition) is 1. The molecule has 4 heteroatoms. The molecule has 4 nitrogen and oxygen atoms in total. The van der Waals surface area contributed by atoms with Gasteiger partial charge in [0, 0.05) is 38.1 Å². The van der Waals surface area contributed by atoms with Gasteiger partial charge in [0.25, 0.3) is 0 Å². The second-order valence-electron chi connectivity index (χ2n) is 4.83. The van der Waals surface area contributed by atoms with Crippen molar-refractivity contribution in [3.63, 3.8) is 0 Å². The second kappa shape index (κ2) is 4.97. The van der Waals surface area contributed by atoms with Crippen molar-refractivity contribution in [2.45, 2.75) is 38.4 Å². The molecule has 2 rings (SSSR count). The summed E-state index contributed by atoms with van der Waals surface area (Å²) in [6.45, 7) is 4.16. The summed E-state index contributed by atoms with van der Waals surface area (Å²) in [5.41, 5.74) is 0. The van der Waals surface area contributed by atoms with Gasteiger partial charge in [-0.05, 0) is 26.8 Å². The number of aryl methyl sites for hydroxylation is 1. The van der Waals surface area contributed by atoms with Gasteiger partial charge in [-0.2, -0.15) is 0 Å². The molecule has 1 aliphatic carbocycles. The lowest BCUT2D eigenvalue weighted by Crippen LogP contribution is -2.39. The summed E-state index contributed by atoms with van der Waals surface area (Å²) < 4.78 is 2.06. The Morgan fingerprint density at radius 2 is 2.38 bits per heavy atom. The summed E-state index contributed by atoms with van der Waals surface area (Å²) in [6, 6.07) is 1.44. The summed E-state index contributed by atoms with van der Waals surface area (Å²) >= 11 is 0. The summed E-state index contributed by atoms with van der Waals surface area (Å²) in [4.78, 5) is 6.77. The zero-order chi connectivity index (χ0) is 11.5. The summed E-state index contributed by atoms with van der Waals surface area (Å²) in [5, 5.41) is 3.47. The fraction of sp³-hybridized carbons (Fsp3) is 0.750. The van der Waals surface area contributed by atoms with E-state index < -0.39 is 0 Å². The summed E-state index contributed by atoms with van der Waals surface area (Å²) in [5.74, 6) is 1.10. The molecule has 0 amide bonds. The predicted octanol–water partition coefficient (Wildman–Crippen LogP) is 0.992. The maximum Gasteiger partial charge on any atom is 0.122 e. The van der Waals surface area contributed by atoms with Gasteiger partial charge in [-0.15, -0.1) is 0 Å². The third kappa shape index (κ3) is 2.83. The molecule has 1 saturated carbocycles. The van der Waals surface area contributed by atoms with Crippen LogP contribution in [0.1, 0.15) is 25.6 Å². The molecule has 1 aromatic heterocycles. The van der Waals surface area contributed by atoms with Gasteiger partial charge in [-0.25, -0.2) is 4.98 Å². The fourth-order valence-electron chi connectivity index (χ4n) is 1.95. The Hall–Kier alpha value is -0.870. The summed E-state index contributed by atoms with van der Waals surface area (Å²) in [6.07, 6.45) is 6.58. The number of rotatable bonds is 6. The Labute approximate surface area is 97.7 Å². The Balaban J connectivity index is 1.69. The fourth-order valence-corrected chi connectivity index (χ4v) is 1.95. The van der Waals surface area contributed by atoms with E-state index in [0.717, 1.165) is 25.0 Å². The molecule has 90 valence electrons. The first-order valence-electron chi connectivity index (χ1n) is 6.07. The van der Waals surface area contributed by atoms with Gasteiger partial charge in [0.05, 0.1) is 6.54 Å². The molecule has 1 heterocycles. The lowest BCUT2D eigenvalue weighted by atomic mass is 10.3. The van der Waals surface area contributed by atoms with Crippen molar-refractivity contribution in [2.75, 3.05) is 13.6 Å². The van der Waals surface area contributed by atoms with Crippen LogP contribution in [0.2, 0.25) is 0 Å². The molecule has 0 aliphatic heterocycles. The van der Waals surface area contributed by atoms with Crippen molar-refractivity contribution >= 4 is 0 Å². The van der Waals surface area contributed by atoms with Crippen LogP contribution < -0.4 is 5.32 Å². The average Bonchev–Trinajstić information content (AvgIpc) is 3.03. The van der Waals surface area contributed by atoms with E-state index in [4.69, 9.17) is 0 Å². The SMILES string of the molecule is CC(CNCc1nccn1C)N(C)C1CC1. The van der Waals surface area contributed by atoms with Crippen molar-refractivity contribution in [3.8, 4) is 0 Å². The molecule has 1 unspecified atom stereocenters. The maximum atomic E-state index is 4.29.